The van der Waals surface area contributed by atoms with Crippen molar-refractivity contribution in [1.82, 2.24) is 0 Å². The summed E-state index contributed by atoms with van der Waals surface area (Å²) >= 11 is 0. The van der Waals surface area contributed by atoms with E-state index in [2.05, 4.69) is 0 Å². The SMILES string of the molecule is C.C.O=S(=O)([O-])[O-].[Hg+].[Hg+]. The van der Waals surface area contributed by atoms with Crippen LogP contribution in [0.25, 0.3) is 0 Å². The minimum Gasteiger partial charge on any atom is -0.759 e. The molecule has 0 aliphatic carbocycles. The molecule has 0 atom stereocenters. The Balaban J connectivity index is -0.0000000133. The van der Waals surface area contributed by atoms with Crippen LogP contribution in [-0.4, -0.2) is 17.5 Å². The molecular formula is C2H8Hg2O4S. The van der Waals surface area contributed by atoms with Crippen LogP contribution in [-0.2, 0) is 65.7 Å². The maximum absolute atomic E-state index is 8.52. The Morgan fingerprint density at radius 3 is 0.889 bits per heavy atom. The molecule has 0 aliphatic heterocycles. The van der Waals surface area contributed by atoms with Gasteiger partial charge in [0, 0.05) is 10.4 Å². The second kappa shape index (κ2) is 12.4. The van der Waals surface area contributed by atoms with E-state index in [4.69, 9.17) is 17.5 Å². The molecule has 0 unspecified atom stereocenters. The summed E-state index contributed by atoms with van der Waals surface area (Å²) in [5.74, 6) is 0. The first-order chi connectivity index (χ1) is 2.00. The molecule has 0 aromatic heterocycles. The fourth-order valence-electron chi connectivity index (χ4n) is 0. The third kappa shape index (κ3) is 193. The van der Waals surface area contributed by atoms with Crippen molar-refractivity contribution >= 4 is 10.4 Å². The van der Waals surface area contributed by atoms with Gasteiger partial charge in [0.1, 0.15) is 0 Å². The maximum atomic E-state index is 8.52. The molecule has 0 N–H and O–H groups in total. The van der Waals surface area contributed by atoms with Crippen LogP contribution >= 0.6 is 0 Å². The summed E-state index contributed by atoms with van der Waals surface area (Å²) in [7, 11) is -5.17. The summed E-state index contributed by atoms with van der Waals surface area (Å²) in [6.07, 6.45) is 0. The molecule has 0 bridgehead atoms. The zero-order chi connectivity index (χ0) is 4.50. The van der Waals surface area contributed by atoms with Crippen LogP contribution in [0.5, 0.6) is 0 Å². The standard InChI is InChI=1S/2CH4.2Hg.H2O4S/c;;;;1-5(2,3)4/h2*1H4;;;(H2,1,2,3,4)/q;;2*+1;/p-2. The van der Waals surface area contributed by atoms with Crippen molar-refractivity contribution in [2.75, 3.05) is 0 Å². The number of hydrogen-bond donors (Lipinski definition) is 0. The van der Waals surface area contributed by atoms with Crippen molar-refractivity contribution < 1.29 is 72.9 Å². The van der Waals surface area contributed by atoms with E-state index in [1.807, 2.05) is 0 Å². The van der Waals surface area contributed by atoms with Crippen LogP contribution in [0.3, 0.4) is 0 Å². The molecule has 2 radical (unpaired) electrons. The summed E-state index contributed by atoms with van der Waals surface area (Å²) in [4.78, 5) is 0. The Hall–Kier alpha value is 1.74. The van der Waals surface area contributed by atoms with Crippen LogP contribution in [0.15, 0.2) is 0 Å². The molecule has 0 fully saturated rings. The van der Waals surface area contributed by atoms with E-state index in [9.17, 15) is 0 Å². The average Bonchev–Trinajstić information content (AvgIpc) is 0.722. The van der Waals surface area contributed by atoms with Gasteiger partial charge in [-0.05, 0) is 0 Å². The van der Waals surface area contributed by atoms with E-state index in [1.165, 1.54) is 0 Å². The molecule has 0 saturated heterocycles. The zero-order valence-corrected chi connectivity index (χ0v) is 15.3. The van der Waals surface area contributed by atoms with E-state index >= 15 is 0 Å². The first kappa shape index (κ1) is 30.9. The van der Waals surface area contributed by atoms with Crippen molar-refractivity contribution in [2.24, 2.45) is 0 Å². The van der Waals surface area contributed by atoms with Crippen molar-refractivity contribution in [3.8, 4) is 0 Å². The minimum absolute atomic E-state index is 0. The molecule has 0 heterocycles. The number of hydrogen-bond acceptors (Lipinski definition) is 4. The van der Waals surface area contributed by atoms with Gasteiger partial charge in [0.05, 0.1) is 0 Å². The molecule has 0 amide bonds. The fraction of sp³-hybridized carbons (Fsp3) is 1.00. The molecule has 0 aliphatic rings. The van der Waals surface area contributed by atoms with Crippen molar-refractivity contribution in [1.29, 1.82) is 0 Å². The molecule has 0 aromatic rings. The summed E-state index contributed by atoms with van der Waals surface area (Å²) in [6.45, 7) is 0. The first-order valence-corrected chi connectivity index (χ1v) is 2.00. The Bertz CT molecular complexity index is 99.7. The van der Waals surface area contributed by atoms with Gasteiger partial charge in [-0.15, -0.1) is 0 Å². The zero-order valence-electron chi connectivity index (χ0n) is 3.46. The van der Waals surface area contributed by atoms with Gasteiger partial charge >= 0.3 is 55.3 Å². The van der Waals surface area contributed by atoms with E-state index in [1.54, 1.807) is 0 Å². The Kier molecular flexibility index (Phi) is 42.7. The van der Waals surface area contributed by atoms with Gasteiger partial charge in [-0.25, -0.2) is 0 Å². The predicted octanol–water partition coefficient (Wildman–Crippen LogP) is -0.0708. The monoisotopic (exact) mass is 532 g/mol. The fourth-order valence-corrected chi connectivity index (χ4v) is 0. The molecular weight excluding hydrogens is 521 g/mol. The van der Waals surface area contributed by atoms with E-state index in [0.717, 1.165) is 0 Å². The Morgan fingerprint density at radius 2 is 0.889 bits per heavy atom. The summed E-state index contributed by atoms with van der Waals surface area (Å²) in [6, 6.07) is 0. The topological polar surface area (TPSA) is 80.3 Å². The van der Waals surface area contributed by atoms with E-state index < -0.39 is 10.4 Å². The molecule has 0 rings (SSSR count). The third-order valence-corrected chi connectivity index (χ3v) is 0. The normalized spacial score (nSPS) is 6.44. The summed E-state index contributed by atoms with van der Waals surface area (Å²) in [5, 5.41) is 0. The van der Waals surface area contributed by atoms with Gasteiger partial charge in [0.25, 0.3) is 0 Å². The van der Waals surface area contributed by atoms with Crippen LogP contribution in [0.4, 0.5) is 0 Å². The molecule has 4 nitrogen and oxygen atoms in total. The second-order valence-corrected chi connectivity index (χ2v) is 1.22. The van der Waals surface area contributed by atoms with Crippen LogP contribution in [0, 0.1) is 0 Å². The smallest absolute Gasteiger partial charge is 0.759 e. The first-order valence-electron chi connectivity index (χ1n) is 0.667. The number of rotatable bonds is 0. The van der Waals surface area contributed by atoms with Crippen molar-refractivity contribution in [3.63, 3.8) is 0 Å². The average molecular weight is 529 g/mol. The van der Waals surface area contributed by atoms with Gasteiger partial charge in [0.15, 0.2) is 0 Å². The molecule has 50 valence electrons. The summed E-state index contributed by atoms with van der Waals surface area (Å²) < 4.78 is 34.1. The summed E-state index contributed by atoms with van der Waals surface area (Å²) in [5.41, 5.74) is 0. The molecule has 0 aromatic carbocycles. The molecule has 9 heavy (non-hydrogen) atoms. The molecule has 0 spiro atoms. The third-order valence-electron chi connectivity index (χ3n) is 0. The Morgan fingerprint density at radius 1 is 0.889 bits per heavy atom. The molecule has 7 heteroatoms. The van der Waals surface area contributed by atoms with Crippen LogP contribution in [0.1, 0.15) is 14.9 Å². The Labute approximate surface area is 97.0 Å². The minimum atomic E-state index is -5.17. The van der Waals surface area contributed by atoms with Crippen LogP contribution in [0.2, 0.25) is 0 Å². The van der Waals surface area contributed by atoms with Gasteiger partial charge in [0.2, 0.25) is 0 Å². The van der Waals surface area contributed by atoms with Gasteiger partial charge < -0.3 is 9.11 Å². The van der Waals surface area contributed by atoms with Crippen LogP contribution < -0.4 is 0 Å². The van der Waals surface area contributed by atoms with Crippen molar-refractivity contribution in [2.45, 2.75) is 14.9 Å². The van der Waals surface area contributed by atoms with Gasteiger partial charge in [-0.1, -0.05) is 14.9 Å². The maximum Gasteiger partial charge on any atom is 1.00 e. The second-order valence-electron chi connectivity index (χ2n) is 0.408. The quantitative estimate of drug-likeness (QED) is 0.250. The largest absolute Gasteiger partial charge is 1.00 e. The van der Waals surface area contributed by atoms with E-state index in [0.29, 0.717) is 0 Å². The van der Waals surface area contributed by atoms with Crippen molar-refractivity contribution in [3.05, 3.63) is 0 Å². The van der Waals surface area contributed by atoms with Gasteiger partial charge in [-0.3, -0.25) is 8.42 Å². The molecule has 0 saturated carbocycles. The predicted molar refractivity (Wildman–Crippen MR) is 23.9 cm³/mol. The van der Waals surface area contributed by atoms with E-state index in [-0.39, 0.29) is 70.2 Å². The van der Waals surface area contributed by atoms with Gasteiger partial charge in [-0.2, -0.15) is 0 Å².